The van der Waals surface area contributed by atoms with Gasteiger partial charge >= 0.3 is 0 Å². The first-order chi connectivity index (χ1) is 8.74. The Morgan fingerprint density at radius 1 is 1.37 bits per heavy atom. The molecule has 0 amide bonds. The molecule has 1 aliphatic heterocycles. The molecule has 2 N–H and O–H groups in total. The van der Waals surface area contributed by atoms with Gasteiger partial charge in [0, 0.05) is 44.8 Å². The monoisotopic (exact) mass is 402 g/mol. The molecular weight excluding hydrogens is 375 g/mol. The van der Waals surface area contributed by atoms with Crippen LogP contribution in [0.4, 0.5) is 0 Å². The number of methoxy groups -OCH3 is 1. The molecule has 1 heterocycles. The lowest BCUT2D eigenvalue weighted by molar-refractivity contribution is 0.161. The van der Waals surface area contributed by atoms with E-state index < -0.39 is 0 Å². The number of ether oxygens (including phenoxy) is 1. The van der Waals surface area contributed by atoms with Gasteiger partial charge in [-0.25, -0.2) is 0 Å². The third-order valence-corrected chi connectivity index (χ3v) is 3.93. The van der Waals surface area contributed by atoms with Gasteiger partial charge in [0.15, 0.2) is 5.96 Å². The van der Waals surface area contributed by atoms with Crippen molar-refractivity contribution in [1.82, 2.24) is 9.80 Å². The van der Waals surface area contributed by atoms with Crippen LogP contribution in [-0.2, 0) is 4.74 Å². The summed E-state index contributed by atoms with van der Waals surface area (Å²) in [6, 6.07) is 0. The van der Waals surface area contributed by atoms with Crippen molar-refractivity contribution in [1.29, 1.82) is 0 Å². The summed E-state index contributed by atoms with van der Waals surface area (Å²) in [6.07, 6.45) is 1.05. The summed E-state index contributed by atoms with van der Waals surface area (Å²) in [5, 5.41) is 0. The number of rotatable bonds is 7. The standard InChI is InChI=1S/C12H26N4OS.HI/c1-15(6-9-17-2)5-3-4-14-12(13)16-7-10-18-11-8-16;/h3-11H2,1-2H3,(H2,13,14);1H. The third-order valence-electron chi connectivity index (χ3n) is 2.98. The van der Waals surface area contributed by atoms with Gasteiger partial charge in [0.05, 0.1) is 6.61 Å². The number of aliphatic imine (C=N–C) groups is 1. The van der Waals surface area contributed by atoms with Gasteiger partial charge in [-0.3, -0.25) is 4.99 Å². The van der Waals surface area contributed by atoms with Crippen molar-refractivity contribution < 1.29 is 4.74 Å². The maximum atomic E-state index is 5.98. The molecule has 114 valence electrons. The first kappa shape index (κ1) is 19.3. The molecule has 7 heteroatoms. The van der Waals surface area contributed by atoms with E-state index in [2.05, 4.69) is 21.8 Å². The normalized spacial score (nSPS) is 16.6. The van der Waals surface area contributed by atoms with Crippen molar-refractivity contribution in [3.63, 3.8) is 0 Å². The predicted octanol–water partition coefficient (Wildman–Crippen LogP) is 0.936. The number of halogens is 1. The van der Waals surface area contributed by atoms with Crippen LogP contribution in [0.15, 0.2) is 4.99 Å². The largest absolute Gasteiger partial charge is 0.383 e. The Bertz CT molecular complexity index is 250. The smallest absolute Gasteiger partial charge is 0.191 e. The fraction of sp³-hybridized carbons (Fsp3) is 0.917. The van der Waals surface area contributed by atoms with Crippen LogP contribution < -0.4 is 5.73 Å². The van der Waals surface area contributed by atoms with Crippen LogP contribution in [0.5, 0.6) is 0 Å². The van der Waals surface area contributed by atoms with Crippen molar-refractivity contribution in [2.45, 2.75) is 6.42 Å². The lowest BCUT2D eigenvalue weighted by Gasteiger charge is -2.27. The quantitative estimate of drug-likeness (QED) is 0.297. The van der Waals surface area contributed by atoms with E-state index in [0.29, 0.717) is 0 Å². The number of guanidine groups is 1. The molecule has 1 fully saturated rings. The average Bonchev–Trinajstić information content (AvgIpc) is 2.42. The molecule has 5 nitrogen and oxygen atoms in total. The molecule has 1 rings (SSSR count). The van der Waals surface area contributed by atoms with Crippen molar-refractivity contribution in [3.8, 4) is 0 Å². The number of hydrogen-bond donors (Lipinski definition) is 1. The number of likely N-dealkylation sites (N-methyl/N-ethyl adjacent to an activating group) is 1. The molecule has 0 bridgehead atoms. The Labute approximate surface area is 138 Å². The molecular formula is C12H27IN4OS. The van der Waals surface area contributed by atoms with E-state index in [1.165, 1.54) is 0 Å². The van der Waals surface area contributed by atoms with Gasteiger partial charge in [0.25, 0.3) is 0 Å². The van der Waals surface area contributed by atoms with Crippen LogP contribution in [0.2, 0.25) is 0 Å². The maximum Gasteiger partial charge on any atom is 0.191 e. The third kappa shape index (κ3) is 8.93. The van der Waals surface area contributed by atoms with Gasteiger partial charge in [-0.2, -0.15) is 11.8 Å². The first-order valence-electron chi connectivity index (χ1n) is 6.54. The molecule has 0 radical (unpaired) electrons. The van der Waals surface area contributed by atoms with Crippen molar-refractivity contribution in [3.05, 3.63) is 0 Å². The Balaban J connectivity index is 0.00000324. The molecule has 0 aliphatic carbocycles. The van der Waals surface area contributed by atoms with E-state index in [4.69, 9.17) is 10.5 Å². The minimum atomic E-state index is 0. The van der Waals surface area contributed by atoms with Crippen LogP contribution >= 0.6 is 35.7 Å². The Kier molecular flexibility index (Phi) is 12.2. The van der Waals surface area contributed by atoms with Crippen LogP contribution in [-0.4, -0.2) is 80.8 Å². The predicted molar refractivity (Wildman–Crippen MR) is 94.8 cm³/mol. The number of hydrogen-bond acceptors (Lipinski definition) is 4. The SMILES string of the molecule is COCCN(C)CCCN=C(N)N1CCSCC1.I. The van der Waals surface area contributed by atoms with Gasteiger partial charge in [0.1, 0.15) is 0 Å². The Morgan fingerprint density at radius 2 is 2.05 bits per heavy atom. The lowest BCUT2D eigenvalue weighted by Crippen LogP contribution is -2.42. The summed E-state index contributed by atoms with van der Waals surface area (Å²) >= 11 is 1.99. The minimum absolute atomic E-state index is 0. The van der Waals surface area contributed by atoms with Gasteiger partial charge < -0.3 is 20.3 Å². The van der Waals surface area contributed by atoms with Gasteiger partial charge in [0.2, 0.25) is 0 Å². The van der Waals surface area contributed by atoms with E-state index in [9.17, 15) is 0 Å². The first-order valence-corrected chi connectivity index (χ1v) is 7.69. The summed E-state index contributed by atoms with van der Waals surface area (Å²) < 4.78 is 5.04. The fourth-order valence-electron chi connectivity index (χ4n) is 1.79. The molecule has 1 aliphatic rings. The summed E-state index contributed by atoms with van der Waals surface area (Å²) in [6.45, 7) is 5.68. The molecule has 1 saturated heterocycles. The van der Waals surface area contributed by atoms with Crippen molar-refractivity contribution in [2.24, 2.45) is 10.7 Å². The summed E-state index contributed by atoms with van der Waals surface area (Å²) in [7, 11) is 3.84. The zero-order valence-corrected chi connectivity index (χ0v) is 15.2. The molecule has 0 aromatic heterocycles. The zero-order chi connectivity index (χ0) is 13.2. The second kappa shape index (κ2) is 12.0. The van der Waals surface area contributed by atoms with Gasteiger partial charge in [-0.1, -0.05) is 0 Å². The highest BCUT2D eigenvalue weighted by molar-refractivity contribution is 14.0. The minimum Gasteiger partial charge on any atom is -0.383 e. The lowest BCUT2D eigenvalue weighted by atomic mass is 10.4. The molecule has 0 aromatic rings. The average molecular weight is 402 g/mol. The highest BCUT2D eigenvalue weighted by Gasteiger charge is 2.11. The fourth-order valence-corrected chi connectivity index (χ4v) is 2.69. The van der Waals surface area contributed by atoms with E-state index in [0.717, 1.165) is 63.2 Å². The molecule has 0 unspecified atom stereocenters. The van der Waals surface area contributed by atoms with E-state index >= 15 is 0 Å². The van der Waals surface area contributed by atoms with E-state index in [1.54, 1.807) is 7.11 Å². The van der Waals surface area contributed by atoms with Crippen molar-refractivity contribution in [2.75, 3.05) is 65.0 Å². The highest BCUT2D eigenvalue weighted by atomic mass is 127. The molecule has 0 aromatic carbocycles. The Morgan fingerprint density at radius 3 is 2.68 bits per heavy atom. The second-order valence-electron chi connectivity index (χ2n) is 4.49. The molecule has 0 saturated carbocycles. The van der Waals surface area contributed by atoms with Crippen LogP contribution in [0.25, 0.3) is 0 Å². The maximum absolute atomic E-state index is 5.98. The summed E-state index contributed by atoms with van der Waals surface area (Å²) in [5.74, 6) is 3.04. The number of nitrogens with two attached hydrogens (primary N) is 1. The zero-order valence-electron chi connectivity index (χ0n) is 12.0. The topological polar surface area (TPSA) is 54.1 Å². The van der Waals surface area contributed by atoms with Crippen molar-refractivity contribution >= 4 is 41.7 Å². The van der Waals surface area contributed by atoms with E-state index in [-0.39, 0.29) is 24.0 Å². The Hall–Kier alpha value is 0.270. The van der Waals surface area contributed by atoms with Crippen LogP contribution in [0.1, 0.15) is 6.42 Å². The number of thioether (sulfide) groups is 1. The van der Waals surface area contributed by atoms with Gasteiger partial charge in [-0.15, -0.1) is 24.0 Å². The van der Waals surface area contributed by atoms with Gasteiger partial charge in [-0.05, 0) is 20.0 Å². The summed E-state index contributed by atoms with van der Waals surface area (Å²) in [5.41, 5.74) is 5.98. The van der Waals surface area contributed by atoms with Crippen LogP contribution in [0, 0.1) is 0 Å². The molecule has 0 atom stereocenters. The van der Waals surface area contributed by atoms with E-state index in [1.807, 2.05) is 11.8 Å². The summed E-state index contributed by atoms with van der Waals surface area (Å²) in [4.78, 5) is 8.90. The molecule has 19 heavy (non-hydrogen) atoms. The second-order valence-corrected chi connectivity index (χ2v) is 5.71. The highest BCUT2D eigenvalue weighted by Crippen LogP contribution is 2.08. The number of nitrogens with zero attached hydrogens (tertiary/aromatic N) is 3. The molecule has 0 spiro atoms. The van der Waals surface area contributed by atoms with Crippen LogP contribution in [0.3, 0.4) is 0 Å².